The number of piperidine rings is 1. The number of rotatable bonds is 5. The number of nitrogens with one attached hydrogen (secondary N) is 1. The zero-order valence-corrected chi connectivity index (χ0v) is 11.3. The van der Waals surface area contributed by atoms with E-state index in [9.17, 15) is 8.42 Å². The van der Waals surface area contributed by atoms with Gasteiger partial charge in [0.25, 0.3) is 10.2 Å². The van der Waals surface area contributed by atoms with Gasteiger partial charge < -0.3 is 5.32 Å². The molecule has 1 aliphatic rings. The smallest absolute Gasteiger partial charge is 0.281 e. The van der Waals surface area contributed by atoms with E-state index >= 15 is 0 Å². The Morgan fingerprint density at radius 3 is 2.75 bits per heavy atom. The van der Waals surface area contributed by atoms with Crippen LogP contribution in [0.5, 0.6) is 0 Å². The molecule has 0 saturated carbocycles. The second kappa shape index (κ2) is 5.95. The Bertz CT molecular complexity index is 303. The summed E-state index contributed by atoms with van der Waals surface area (Å²) in [5.41, 5.74) is 0. The maximum absolute atomic E-state index is 12.1. The average Bonchev–Trinajstić information content (AvgIpc) is 2.28. The molecule has 0 aliphatic carbocycles. The summed E-state index contributed by atoms with van der Waals surface area (Å²) in [7, 11) is 0.320. The van der Waals surface area contributed by atoms with Crippen molar-refractivity contribution in [1.82, 2.24) is 13.9 Å². The van der Waals surface area contributed by atoms with E-state index in [-0.39, 0.29) is 0 Å². The molecule has 0 aromatic heterocycles. The zero-order valence-electron chi connectivity index (χ0n) is 10.4. The topological polar surface area (TPSA) is 52.7 Å². The van der Waals surface area contributed by atoms with Crippen LogP contribution in [-0.2, 0) is 10.2 Å². The lowest BCUT2D eigenvalue weighted by atomic mass is 10.00. The molecule has 1 saturated heterocycles. The molecular weight excluding hydrogens is 226 g/mol. The van der Waals surface area contributed by atoms with Crippen LogP contribution in [0.1, 0.15) is 19.8 Å². The third kappa shape index (κ3) is 3.16. The van der Waals surface area contributed by atoms with Gasteiger partial charge in [-0.25, -0.2) is 0 Å². The van der Waals surface area contributed by atoms with Crippen LogP contribution in [0, 0.1) is 5.92 Å². The predicted octanol–water partition coefficient (Wildman–Crippen LogP) is 0.114. The predicted molar refractivity (Wildman–Crippen MR) is 65.4 cm³/mol. The van der Waals surface area contributed by atoms with Gasteiger partial charge in [-0.1, -0.05) is 6.92 Å². The fraction of sp³-hybridized carbons (Fsp3) is 1.00. The van der Waals surface area contributed by atoms with Gasteiger partial charge in [-0.15, -0.1) is 0 Å². The van der Waals surface area contributed by atoms with Gasteiger partial charge in [0, 0.05) is 26.7 Å². The Labute approximate surface area is 99.0 Å². The summed E-state index contributed by atoms with van der Waals surface area (Å²) in [4.78, 5) is 0. The summed E-state index contributed by atoms with van der Waals surface area (Å²) in [6, 6.07) is 0. The first kappa shape index (κ1) is 13.9. The minimum absolute atomic E-state index is 0.443. The van der Waals surface area contributed by atoms with Crippen LogP contribution in [0.15, 0.2) is 0 Å². The number of hydrogen-bond acceptors (Lipinski definition) is 3. The van der Waals surface area contributed by atoms with E-state index in [4.69, 9.17) is 0 Å². The third-order valence-corrected chi connectivity index (χ3v) is 5.17. The van der Waals surface area contributed by atoms with Crippen LogP contribution in [0.25, 0.3) is 0 Å². The maximum atomic E-state index is 12.1. The lowest BCUT2D eigenvalue weighted by Crippen LogP contribution is -2.47. The van der Waals surface area contributed by atoms with Crippen molar-refractivity contribution in [3.8, 4) is 0 Å². The second-order valence-corrected chi connectivity index (χ2v) is 6.38. The molecule has 96 valence electrons. The summed E-state index contributed by atoms with van der Waals surface area (Å²) in [6.07, 6.45) is 2.08. The molecule has 1 rings (SSSR count). The summed E-state index contributed by atoms with van der Waals surface area (Å²) in [5.74, 6) is 0.443. The van der Waals surface area contributed by atoms with Gasteiger partial charge in [0.2, 0.25) is 0 Å². The molecule has 0 aromatic carbocycles. The fourth-order valence-electron chi connectivity index (χ4n) is 2.05. The van der Waals surface area contributed by atoms with Gasteiger partial charge in [0.15, 0.2) is 0 Å². The molecule has 0 amide bonds. The first-order valence-corrected chi connectivity index (χ1v) is 7.28. The molecule has 1 unspecified atom stereocenters. The fourth-order valence-corrected chi connectivity index (χ4v) is 3.53. The van der Waals surface area contributed by atoms with Crippen molar-refractivity contribution < 1.29 is 8.42 Å². The van der Waals surface area contributed by atoms with Crippen LogP contribution >= 0.6 is 0 Å². The zero-order chi connectivity index (χ0) is 12.2. The van der Waals surface area contributed by atoms with E-state index in [1.54, 1.807) is 11.4 Å². The second-order valence-electron chi connectivity index (χ2n) is 4.35. The van der Waals surface area contributed by atoms with E-state index in [0.717, 1.165) is 19.4 Å². The molecule has 0 aromatic rings. The van der Waals surface area contributed by atoms with Crippen molar-refractivity contribution in [1.29, 1.82) is 0 Å². The van der Waals surface area contributed by atoms with E-state index in [1.807, 2.05) is 14.0 Å². The van der Waals surface area contributed by atoms with Crippen molar-refractivity contribution >= 4 is 10.2 Å². The monoisotopic (exact) mass is 249 g/mol. The molecule has 1 atom stereocenters. The highest BCUT2D eigenvalue weighted by Gasteiger charge is 2.30. The summed E-state index contributed by atoms with van der Waals surface area (Å²) in [6.45, 7) is 4.57. The first-order chi connectivity index (χ1) is 7.52. The molecule has 1 aliphatic heterocycles. The minimum atomic E-state index is -3.22. The molecule has 1 heterocycles. The van der Waals surface area contributed by atoms with Crippen LogP contribution in [0.2, 0.25) is 0 Å². The van der Waals surface area contributed by atoms with Crippen molar-refractivity contribution in [2.75, 3.05) is 40.3 Å². The lowest BCUT2D eigenvalue weighted by Gasteiger charge is -2.34. The Kier molecular flexibility index (Phi) is 5.17. The minimum Gasteiger partial charge on any atom is -0.319 e. The molecule has 5 nitrogen and oxygen atoms in total. The third-order valence-electron chi connectivity index (χ3n) is 3.14. The lowest BCUT2D eigenvalue weighted by molar-refractivity contribution is 0.250. The molecule has 0 radical (unpaired) electrons. The van der Waals surface area contributed by atoms with Gasteiger partial charge in [-0.2, -0.15) is 17.0 Å². The largest absolute Gasteiger partial charge is 0.319 e. The summed E-state index contributed by atoms with van der Waals surface area (Å²) >= 11 is 0. The molecule has 0 spiro atoms. The van der Waals surface area contributed by atoms with E-state index in [2.05, 4.69) is 5.32 Å². The standard InChI is InChI=1S/C10H23N3O2S/c1-4-12(3)16(14,15)13-7-5-6-10(9-13)8-11-2/h10-11H,4-9H2,1-3H3. The molecule has 6 heteroatoms. The molecule has 0 bridgehead atoms. The normalized spacial score (nSPS) is 23.9. The van der Waals surface area contributed by atoms with Crippen molar-refractivity contribution in [3.05, 3.63) is 0 Å². The number of hydrogen-bond donors (Lipinski definition) is 1. The SMILES string of the molecule is CCN(C)S(=O)(=O)N1CCCC(CNC)C1. The van der Waals surface area contributed by atoms with Crippen LogP contribution in [0.4, 0.5) is 0 Å². The highest BCUT2D eigenvalue weighted by Crippen LogP contribution is 2.19. The summed E-state index contributed by atoms with van der Waals surface area (Å²) < 4.78 is 27.2. The van der Waals surface area contributed by atoms with Gasteiger partial charge in [0.05, 0.1) is 0 Å². The maximum Gasteiger partial charge on any atom is 0.281 e. The van der Waals surface area contributed by atoms with Crippen molar-refractivity contribution in [2.45, 2.75) is 19.8 Å². The highest BCUT2D eigenvalue weighted by atomic mass is 32.2. The van der Waals surface area contributed by atoms with Crippen LogP contribution in [-0.4, -0.2) is 57.3 Å². The van der Waals surface area contributed by atoms with Crippen LogP contribution < -0.4 is 5.32 Å². The summed E-state index contributed by atoms with van der Waals surface area (Å²) in [5, 5.41) is 3.12. The van der Waals surface area contributed by atoms with Gasteiger partial charge in [-0.05, 0) is 32.4 Å². The molecule has 1 N–H and O–H groups in total. The molecule has 1 fully saturated rings. The van der Waals surface area contributed by atoms with E-state index in [1.165, 1.54) is 4.31 Å². The Hall–Kier alpha value is -0.170. The van der Waals surface area contributed by atoms with E-state index in [0.29, 0.717) is 25.6 Å². The quantitative estimate of drug-likeness (QED) is 0.752. The average molecular weight is 249 g/mol. The number of nitrogens with zero attached hydrogens (tertiary/aromatic N) is 2. The van der Waals surface area contributed by atoms with Gasteiger partial charge in [-0.3, -0.25) is 0 Å². The van der Waals surface area contributed by atoms with Crippen molar-refractivity contribution in [2.24, 2.45) is 5.92 Å². The molecule has 16 heavy (non-hydrogen) atoms. The van der Waals surface area contributed by atoms with Crippen molar-refractivity contribution in [3.63, 3.8) is 0 Å². The highest BCUT2D eigenvalue weighted by molar-refractivity contribution is 7.86. The molecular formula is C10H23N3O2S. The Morgan fingerprint density at radius 1 is 1.50 bits per heavy atom. The van der Waals surface area contributed by atoms with Gasteiger partial charge in [0.1, 0.15) is 0 Å². The Morgan fingerprint density at radius 2 is 2.19 bits per heavy atom. The van der Waals surface area contributed by atoms with Crippen LogP contribution in [0.3, 0.4) is 0 Å². The van der Waals surface area contributed by atoms with Gasteiger partial charge >= 0.3 is 0 Å². The first-order valence-electron chi connectivity index (χ1n) is 5.88. The van der Waals surface area contributed by atoms with E-state index < -0.39 is 10.2 Å². The Balaban J connectivity index is 2.66.